The molecule has 0 bridgehead atoms. The summed E-state index contributed by atoms with van der Waals surface area (Å²) in [6, 6.07) is 11.1. The van der Waals surface area contributed by atoms with Gasteiger partial charge in [-0.15, -0.1) is 0 Å². The lowest BCUT2D eigenvalue weighted by Gasteiger charge is -2.17. The van der Waals surface area contributed by atoms with Gasteiger partial charge in [-0.3, -0.25) is 0 Å². The fourth-order valence-corrected chi connectivity index (χ4v) is 1.79. The minimum atomic E-state index is 0.638. The van der Waals surface area contributed by atoms with Crippen LogP contribution in [0.2, 0.25) is 0 Å². The number of hydrogen-bond acceptors (Lipinski definition) is 1. The molecule has 0 amide bonds. The van der Waals surface area contributed by atoms with Gasteiger partial charge >= 0.3 is 0 Å². The summed E-state index contributed by atoms with van der Waals surface area (Å²) in [5, 5.41) is 3.59. The van der Waals surface area contributed by atoms with Crippen molar-refractivity contribution in [3.05, 3.63) is 30.3 Å². The van der Waals surface area contributed by atoms with Gasteiger partial charge in [0.05, 0.1) is 0 Å². The molecule has 0 aliphatic carbocycles. The molecule has 1 aromatic carbocycles. The van der Waals surface area contributed by atoms with Crippen molar-refractivity contribution in [2.24, 2.45) is 0 Å². The molecule has 0 saturated carbocycles. The molecule has 1 rings (SSSR count). The zero-order valence-corrected chi connectivity index (χ0v) is 10.00. The van der Waals surface area contributed by atoms with Crippen molar-refractivity contribution in [2.45, 2.75) is 52.0 Å². The van der Waals surface area contributed by atoms with Crippen molar-refractivity contribution in [3.8, 4) is 0 Å². The third-order valence-electron chi connectivity index (χ3n) is 2.79. The van der Waals surface area contributed by atoms with E-state index < -0.39 is 0 Å². The Hall–Kier alpha value is -0.980. The Kier molecular flexibility index (Phi) is 5.91. The lowest BCUT2D eigenvalue weighted by molar-refractivity contribution is 0.574. The SMILES string of the molecule is CCCCCC(CC)Nc1ccccc1. The van der Waals surface area contributed by atoms with E-state index in [1.54, 1.807) is 0 Å². The second-order valence-corrected chi connectivity index (χ2v) is 4.11. The van der Waals surface area contributed by atoms with Crippen molar-refractivity contribution >= 4 is 5.69 Å². The Labute approximate surface area is 93.9 Å². The maximum atomic E-state index is 3.59. The Balaban J connectivity index is 2.33. The Morgan fingerprint density at radius 2 is 1.80 bits per heavy atom. The van der Waals surface area contributed by atoms with Crippen molar-refractivity contribution in [1.29, 1.82) is 0 Å². The summed E-state index contributed by atoms with van der Waals surface area (Å²) < 4.78 is 0. The van der Waals surface area contributed by atoms with E-state index in [-0.39, 0.29) is 0 Å². The molecule has 0 aliphatic rings. The molecule has 0 spiro atoms. The molecule has 1 N–H and O–H groups in total. The van der Waals surface area contributed by atoms with Gasteiger partial charge in [-0.2, -0.15) is 0 Å². The lowest BCUT2D eigenvalue weighted by atomic mass is 10.1. The van der Waals surface area contributed by atoms with Gasteiger partial charge in [0.1, 0.15) is 0 Å². The molecule has 0 aromatic heterocycles. The Morgan fingerprint density at radius 3 is 2.40 bits per heavy atom. The summed E-state index contributed by atoms with van der Waals surface area (Å²) in [6.07, 6.45) is 6.50. The number of rotatable bonds is 7. The summed E-state index contributed by atoms with van der Waals surface area (Å²) in [5.74, 6) is 0. The number of para-hydroxylation sites is 1. The first-order valence-electron chi connectivity index (χ1n) is 6.18. The molecule has 0 aliphatic heterocycles. The van der Waals surface area contributed by atoms with E-state index in [0.29, 0.717) is 6.04 Å². The maximum absolute atomic E-state index is 3.59. The summed E-state index contributed by atoms with van der Waals surface area (Å²) in [7, 11) is 0. The van der Waals surface area contributed by atoms with Crippen LogP contribution in [0.3, 0.4) is 0 Å². The van der Waals surface area contributed by atoms with E-state index in [1.165, 1.54) is 37.8 Å². The highest BCUT2D eigenvalue weighted by Crippen LogP contribution is 2.13. The smallest absolute Gasteiger partial charge is 0.0342 e. The molecule has 1 unspecified atom stereocenters. The quantitative estimate of drug-likeness (QED) is 0.648. The van der Waals surface area contributed by atoms with Crippen LogP contribution in [0.25, 0.3) is 0 Å². The molecule has 0 heterocycles. The van der Waals surface area contributed by atoms with Crippen molar-refractivity contribution in [1.82, 2.24) is 0 Å². The zero-order valence-electron chi connectivity index (χ0n) is 10.00. The molecule has 1 heteroatoms. The number of anilines is 1. The van der Waals surface area contributed by atoms with Crippen LogP contribution >= 0.6 is 0 Å². The summed E-state index contributed by atoms with van der Waals surface area (Å²) in [4.78, 5) is 0. The van der Waals surface area contributed by atoms with Gasteiger partial charge in [-0.25, -0.2) is 0 Å². The minimum absolute atomic E-state index is 0.638. The molecule has 0 fully saturated rings. The predicted octanol–water partition coefficient (Wildman–Crippen LogP) is 4.46. The molecule has 84 valence electrons. The summed E-state index contributed by atoms with van der Waals surface area (Å²) >= 11 is 0. The van der Waals surface area contributed by atoms with Gasteiger partial charge < -0.3 is 5.32 Å². The molecular formula is C14H23N. The standard InChI is InChI=1S/C14H23N/c1-3-5-7-10-13(4-2)15-14-11-8-6-9-12-14/h6,8-9,11-13,15H,3-5,7,10H2,1-2H3. The van der Waals surface area contributed by atoms with Gasteiger partial charge in [0.25, 0.3) is 0 Å². The third kappa shape index (κ3) is 4.87. The minimum Gasteiger partial charge on any atom is -0.382 e. The number of nitrogens with one attached hydrogen (secondary N) is 1. The van der Waals surface area contributed by atoms with Crippen LogP contribution in [0.1, 0.15) is 46.0 Å². The molecule has 15 heavy (non-hydrogen) atoms. The van der Waals surface area contributed by atoms with Crippen LogP contribution in [0.15, 0.2) is 30.3 Å². The topological polar surface area (TPSA) is 12.0 Å². The molecule has 1 atom stereocenters. The monoisotopic (exact) mass is 205 g/mol. The fourth-order valence-electron chi connectivity index (χ4n) is 1.79. The van der Waals surface area contributed by atoms with E-state index in [0.717, 1.165) is 0 Å². The van der Waals surface area contributed by atoms with Gasteiger partial charge in [-0.1, -0.05) is 51.3 Å². The Morgan fingerprint density at radius 1 is 1.07 bits per heavy atom. The summed E-state index contributed by atoms with van der Waals surface area (Å²) in [5.41, 5.74) is 1.25. The average molecular weight is 205 g/mol. The van der Waals surface area contributed by atoms with E-state index in [4.69, 9.17) is 0 Å². The van der Waals surface area contributed by atoms with Gasteiger partial charge in [0.2, 0.25) is 0 Å². The van der Waals surface area contributed by atoms with Crippen LogP contribution in [-0.2, 0) is 0 Å². The lowest BCUT2D eigenvalue weighted by Crippen LogP contribution is -2.18. The highest BCUT2D eigenvalue weighted by atomic mass is 14.9. The highest BCUT2D eigenvalue weighted by Gasteiger charge is 2.04. The van der Waals surface area contributed by atoms with Crippen LogP contribution < -0.4 is 5.32 Å². The zero-order chi connectivity index (χ0) is 10.9. The van der Waals surface area contributed by atoms with Crippen LogP contribution in [0.4, 0.5) is 5.69 Å². The summed E-state index contributed by atoms with van der Waals surface area (Å²) in [6.45, 7) is 4.51. The molecule has 0 radical (unpaired) electrons. The fraction of sp³-hybridized carbons (Fsp3) is 0.571. The second-order valence-electron chi connectivity index (χ2n) is 4.11. The van der Waals surface area contributed by atoms with E-state index in [2.05, 4.69) is 49.5 Å². The predicted molar refractivity (Wildman–Crippen MR) is 68.3 cm³/mol. The van der Waals surface area contributed by atoms with Gasteiger partial charge in [0.15, 0.2) is 0 Å². The number of hydrogen-bond donors (Lipinski definition) is 1. The number of unbranched alkanes of at least 4 members (excludes halogenated alkanes) is 2. The highest BCUT2D eigenvalue weighted by molar-refractivity contribution is 5.43. The molecule has 1 aromatic rings. The largest absolute Gasteiger partial charge is 0.382 e. The van der Waals surface area contributed by atoms with Crippen LogP contribution in [0.5, 0.6) is 0 Å². The Bertz CT molecular complexity index is 243. The maximum Gasteiger partial charge on any atom is 0.0342 e. The normalized spacial score (nSPS) is 12.4. The van der Waals surface area contributed by atoms with E-state index in [9.17, 15) is 0 Å². The van der Waals surface area contributed by atoms with Crippen molar-refractivity contribution in [2.75, 3.05) is 5.32 Å². The number of benzene rings is 1. The molecular weight excluding hydrogens is 182 g/mol. The first-order chi connectivity index (χ1) is 7.36. The van der Waals surface area contributed by atoms with Crippen molar-refractivity contribution in [3.63, 3.8) is 0 Å². The molecule has 1 nitrogen and oxygen atoms in total. The van der Waals surface area contributed by atoms with Crippen molar-refractivity contribution < 1.29 is 0 Å². The average Bonchev–Trinajstić information content (AvgIpc) is 2.29. The molecule has 0 saturated heterocycles. The second kappa shape index (κ2) is 7.33. The first-order valence-corrected chi connectivity index (χ1v) is 6.18. The van der Waals surface area contributed by atoms with Crippen LogP contribution in [-0.4, -0.2) is 6.04 Å². The van der Waals surface area contributed by atoms with Gasteiger partial charge in [-0.05, 0) is 25.0 Å². The van der Waals surface area contributed by atoms with E-state index >= 15 is 0 Å². The van der Waals surface area contributed by atoms with E-state index in [1.807, 2.05) is 0 Å². The third-order valence-corrected chi connectivity index (χ3v) is 2.79. The van der Waals surface area contributed by atoms with Gasteiger partial charge in [0, 0.05) is 11.7 Å². The first kappa shape index (κ1) is 12.1. The van der Waals surface area contributed by atoms with Crippen LogP contribution in [0, 0.1) is 0 Å².